The molecule has 20 heavy (non-hydrogen) atoms. The molecule has 2 unspecified atom stereocenters. The van der Waals surface area contributed by atoms with Crippen LogP contribution < -0.4 is 5.32 Å². The van der Waals surface area contributed by atoms with Crippen LogP contribution in [0.3, 0.4) is 0 Å². The maximum absolute atomic E-state index is 12.3. The van der Waals surface area contributed by atoms with Crippen LogP contribution in [0.15, 0.2) is 4.47 Å². The zero-order valence-corrected chi connectivity index (χ0v) is 14.6. The Morgan fingerprint density at radius 2 is 2.20 bits per heavy atom. The maximum Gasteiger partial charge on any atom is 0.154 e. The van der Waals surface area contributed by atoms with Gasteiger partial charge in [-0.15, -0.1) is 0 Å². The summed E-state index contributed by atoms with van der Waals surface area (Å²) in [7, 11) is 0.756. The van der Waals surface area contributed by atoms with Crippen molar-refractivity contribution >= 4 is 25.8 Å². The molecular weight excluding hydrogens is 342 g/mol. The molecule has 5 nitrogen and oxygen atoms in total. The average molecular weight is 364 g/mol. The van der Waals surface area contributed by atoms with Gasteiger partial charge in [0.15, 0.2) is 9.84 Å². The van der Waals surface area contributed by atoms with Gasteiger partial charge in [-0.1, -0.05) is 6.42 Å². The first-order chi connectivity index (χ1) is 9.36. The van der Waals surface area contributed by atoms with E-state index < -0.39 is 9.84 Å². The van der Waals surface area contributed by atoms with Crippen molar-refractivity contribution in [1.29, 1.82) is 0 Å². The molecule has 1 fully saturated rings. The van der Waals surface area contributed by atoms with E-state index in [0.717, 1.165) is 35.1 Å². The quantitative estimate of drug-likeness (QED) is 0.881. The zero-order valence-electron chi connectivity index (χ0n) is 12.2. The van der Waals surface area contributed by atoms with Crippen LogP contribution in [0.1, 0.15) is 30.7 Å². The standard InChI is InChI=1S/C13H22BrN3O2S/c1-9-13(14)11(17(3)16-9)8-10(15-2)12-6-4-5-7-20(12,18)19/h10,12,15H,4-8H2,1-3H3. The fourth-order valence-electron chi connectivity index (χ4n) is 2.96. The van der Waals surface area contributed by atoms with Crippen LogP contribution in [-0.2, 0) is 23.3 Å². The summed E-state index contributed by atoms with van der Waals surface area (Å²) in [5, 5.41) is 7.28. The first-order valence-corrected chi connectivity index (χ1v) is 9.44. The van der Waals surface area contributed by atoms with Gasteiger partial charge < -0.3 is 5.32 Å². The van der Waals surface area contributed by atoms with Gasteiger partial charge in [0.05, 0.1) is 26.9 Å². The number of sulfone groups is 1. The summed E-state index contributed by atoms with van der Waals surface area (Å²) in [6.07, 6.45) is 3.21. The van der Waals surface area contributed by atoms with Crippen molar-refractivity contribution in [2.75, 3.05) is 12.8 Å². The van der Waals surface area contributed by atoms with Crippen LogP contribution in [0, 0.1) is 6.92 Å². The Bertz CT molecular complexity index is 583. The Kier molecular flexibility index (Phi) is 4.92. The van der Waals surface area contributed by atoms with Gasteiger partial charge in [-0.05, 0) is 42.7 Å². The van der Waals surface area contributed by atoms with E-state index in [4.69, 9.17) is 0 Å². The molecule has 2 heterocycles. The number of likely N-dealkylation sites (N-methyl/N-ethyl adjacent to an activating group) is 1. The SMILES string of the molecule is CNC(Cc1c(Br)c(C)nn1C)C1CCCCS1(=O)=O. The van der Waals surface area contributed by atoms with E-state index in [1.807, 2.05) is 25.7 Å². The van der Waals surface area contributed by atoms with Crippen molar-refractivity contribution in [3.8, 4) is 0 Å². The summed E-state index contributed by atoms with van der Waals surface area (Å²) in [6.45, 7) is 1.94. The lowest BCUT2D eigenvalue weighted by Gasteiger charge is -2.30. The molecule has 1 aliphatic heterocycles. The third kappa shape index (κ3) is 3.09. The lowest BCUT2D eigenvalue weighted by Crippen LogP contribution is -2.46. The highest BCUT2D eigenvalue weighted by Crippen LogP contribution is 2.27. The summed E-state index contributed by atoms with van der Waals surface area (Å²) in [5.41, 5.74) is 1.98. The minimum absolute atomic E-state index is 0.0635. The topological polar surface area (TPSA) is 64.0 Å². The fourth-order valence-corrected chi connectivity index (χ4v) is 5.63. The lowest BCUT2D eigenvalue weighted by atomic mass is 10.0. The summed E-state index contributed by atoms with van der Waals surface area (Å²) in [4.78, 5) is 0. The minimum Gasteiger partial charge on any atom is -0.315 e. The molecule has 0 saturated carbocycles. The monoisotopic (exact) mass is 363 g/mol. The summed E-state index contributed by atoms with van der Waals surface area (Å²) >= 11 is 3.55. The predicted octanol–water partition coefficient (Wildman–Crippen LogP) is 1.59. The van der Waals surface area contributed by atoms with Crippen molar-refractivity contribution < 1.29 is 8.42 Å². The normalized spacial score (nSPS) is 23.7. The van der Waals surface area contributed by atoms with Gasteiger partial charge in [0.1, 0.15) is 0 Å². The van der Waals surface area contributed by atoms with Gasteiger partial charge in [0, 0.05) is 19.5 Å². The van der Waals surface area contributed by atoms with Gasteiger partial charge >= 0.3 is 0 Å². The van der Waals surface area contributed by atoms with Crippen LogP contribution in [0.2, 0.25) is 0 Å². The lowest BCUT2D eigenvalue weighted by molar-refractivity contribution is 0.448. The van der Waals surface area contributed by atoms with Crippen molar-refractivity contribution in [1.82, 2.24) is 15.1 Å². The molecule has 2 rings (SSSR count). The molecule has 0 aliphatic carbocycles. The fraction of sp³-hybridized carbons (Fsp3) is 0.769. The molecule has 1 N–H and O–H groups in total. The van der Waals surface area contributed by atoms with E-state index in [2.05, 4.69) is 26.3 Å². The van der Waals surface area contributed by atoms with Gasteiger partial charge in [-0.25, -0.2) is 8.42 Å². The zero-order chi connectivity index (χ0) is 14.9. The molecule has 0 amide bonds. The molecule has 0 spiro atoms. The molecule has 0 bridgehead atoms. The highest BCUT2D eigenvalue weighted by molar-refractivity contribution is 9.10. The van der Waals surface area contributed by atoms with Gasteiger partial charge in [0.2, 0.25) is 0 Å². The second kappa shape index (κ2) is 6.15. The molecule has 1 aromatic rings. The molecule has 114 valence electrons. The average Bonchev–Trinajstić information content (AvgIpc) is 2.62. The first kappa shape index (κ1) is 16.0. The third-order valence-electron chi connectivity index (χ3n) is 4.12. The number of rotatable bonds is 4. The molecule has 0 aromatic carbocycles. The summed E-state index contributed by atoms with van der Waals surface area (Å²) < 4.78 is 27.4. The van der Waals surface area contributed by atoms with Crippen molar-refractivity contribution in [2.24, 2.45) is 7.05 Å². The molecule has 7 heteroatoms. The van der Waals surface area contributed by atoms with Crippen LogP contribution >= 0.6 is 15.9 Å². The second-order valence-electron chi connectivity index (χ2n) is 5.47. The van der Waals surface area contributed by atoms with E-state index in [1.54, 1.807) is 0 Å². The summed E-state index contributed by atoms with van der Waals surface area (Å²) in [5.74, 6) is 0.321. The predicted molar refractivity (Wildman–Crippen MR) is 83.6 cm³/mol. The molecule has 2 atom stereocenters. The molecule has 1 aliphatic rings. The van der Waals surface area contributed by atoms with Crippen LogP contribution in [0.4, 0.5) is 0 Å². The van der Waals surface area contributed by atoms with E-state index in [0.29, 0.717) is 12.2 Å². The van der Waals surface area contributed by atoms with E-state index in [1.165, 1.54) is 0 Å². The Hall–Kier alpha value is -0.400. The van der Waals surface area contributed by atoms with Crippen LogP contribution in [0.25, 0.3) is 0 Å². The number of nitrogens with one attached hydrogen (secondary N) is 1. The van der Waals surface area contributed by atoms with Crippen molar-refractivity contribution in [3.63, 3.8) is 0 Å². The Labute approximate surface area is 129 Å². The van der Waals surface area contributed by atoms with Gasteiger partial charge in [0.25, 0.3) is 0 Å². The smallest absolute Gasteiger partial charge is 0.154 e. The van der Waals surface area contributed by atoms with Crippen LogP contribution in [-0.4, -0.2) is 42.3 Å². The van der Waals surface area contributed by atoms with Gasteiger partial charge in [-0.3, -0.25) is 4.68 Å². The first-order valence-electron chi connectivity index (χ1n) is 6.93. The molecular formula is C13H22BrN3O2S. The van der Waals surface area contributed by atoms with Crippen molar-refractivity contribution in [2.45, 2.75) is 43.9 Å². The summed E-state index contributed by atoms with van der Waals surface area (Å²) in [6, 6.07) is -0.0635. The second-order valence-corrected chi connectivity index (χ2v) is 8.60. The number of hydrogen-bond donors (Lipinski definition) is 1. The maximum atomic E-state index is 12.3. The van der Waals surface area contributed by atoms with E-state index >= 15 is 0 Å². The molecule has 0 radical (unpaired) electrons. The highest BCUT2D eigenvalue weighted by atomic mass is 79.9. The molecule has 1 saturated heterocycles. The van der Waals surface area contributed by atoms with Crippen LogP contribution in [0.5, 0.6) is 0 Å². The Morgan fingerprint density at radius 1 is 1.50 bits per heavy atom. The Morgan fingerprint density at radius 3 is 2.70 bits per heavy atom. The molecule has 1 aromatic heterocycles. The van der Waals surface area contributed by atoms with Gasteiger partial charge in [-0.2, -0.15) is 5.10 Å². The van der Waals surface area contributed by atoms with E-state index in [9.17, 15) is 8.42 Å². The van der Waals surface area contributed by atoms with Crippen molar-refractivity contribution in [3.05, 3.63) is 15.9 Å². The largest absolute Gasteiger partial charge is 0.315 e. The van der Waals surface area contributed by atoms with E-state index in [-0.39, 0.29) is 11.3 Å². The number of hydrogen-bond acceptors (Lipinski definition) is 4. The number of nitrogens with zero attached hydrogens (tertiary/aromatic N) is 2. The highest BCUT2D eigenvalue weighted by Gasteiger charge is 2.35. The Balaban J connectivity index is 2.25. The number of aromatic nitrogens is 2. The number of aryl methyl sites for hydroxylation is 2. The minimum atomic E-state index is -2.98. The number of halogens is 1. The third-order valence-corrected chi connectivity index (χ3v) is 7.50.